The molecule has 0 radical (unpaired) electrons. The third-order valence-electron chi connectivity index (χ3n) is 5.19. The molecule has 1 saturated heterocycles. The van der Waals surface area contributed by atoms with Crippen LogP contribution in [0, 0.1) is 11.3 Å². The van der Waals surface area contributed by atoms with Crippen molar-refractivity contribution in [3.63, 3.8) is 0 Å². The van der Waals surface area contributed by atoms with Gasteiger partial charge in [0.25, 0.3) is 0 Å². The number of rotatable bonds is 5. The second-order valence-corrected chi connectivity index (χ2v) is 8.39. The Kier molecular flexibility index (Phi) is 5.10. The van der Waals surface area contributed by atoms with Crippen LogP contribution in [0.3, 0.4) is 0 Å². The topological polar surface area (TPSA) is 58.3 Å². The van der Waals surface area contributed by atoms with Crippen molar-refractivity contribution in [1.82, 2.24) is 4.57 Å². The van der Waals surface area contributed by atoms with E-state index in [9.17, 15) is 9.47 Å². The van der Waals surface area contributed by atoms with E-state index in [0.717, 1.165) is 65.3 Å². The third kappa shape index (κ3) is 3.06. The molecule has 1 atom stereocenters. The van der Waals surface area contributed by atoms with Gasteiger partial charge in [0.05, 0.1) is 23.9 Å². The summed E-state index contributed by atoms with van der Waals surface area (Å²) in [7, 11) is 0.724. The van der Waals surface area contributed by atoms with Crippen molar-refractivity contribution in [2.24, 2.45) is 0 Å². The number of aromatic nitrogens is 1. The van der Waals surface area contributed by atoms with Gasteiger partial charge in [-0.2, -0.15) is 5.26 Å². The highest BCUT2D eigenvalue weighted by atomic mass is 32.2. The van der Waals surface area contributed by atoms with E-state index < -0.39 is 11.0 Å². The van der Waals surface area contributed by atoms with Crippen LogP contribution in [0.25, 0.3) is 22.2 Å². The molecular weight excluding hydrogens is 370 g/mol. The lowest BCUT2D eigenvalue weighted by molar-refractivity contribution is 0.415. The summed E-state index contributed by atoms with van der Waals surface area (Å²) in [4.78, 5) is 0. The Balaban J connectivity index is 1.86. The molecule has 1 fully saturated rings. The van der Waals surface area contributed by atoms with E-state index in [1.807, 2.05) is 46.8 Å². The number of nitriles is 1. The minimum Gasteiger partial charge on any atom is -0.497 e. The highest BCUT2D eigenvalue weighted by Crippen LogP contribution is 2.36. The number of nitrogens with zero attached hydrogens (tertiary/aromatic N) is 3. The molecular formula is C22H23N3O2S. The fourth-order valence-electron chi connectivity index (χ4n) is 3.90. The first-order chi connectivity index (χ1) is 13.7. The predicted octanol–water partition coefficient (Wildman–Crippen LogP) is 4.47. The molecule has 1 aromatic heterocycles. The van der Waals surface area contributed by atoms with Gasteiger partial charge in [-0.1, -0.05) is 19.1 Å². The second-order valence-electron chi connectivity index (χ2n) is 6.90. The zero-order valence-corrected chi connectivity index (χ0v) is 17.0. The number of fused-ring (bicyclic) bond motifs is 1. The van der Waals surface area contributed by atoms with Crippen molar-refractivity contribution in [1.29, 1.82) is 5.26 Å². The molecule has 4 rings (SSSR count). The van der Waals surface area contributed by atoms with Crippen LogP contribution >= 0.6 is 0 Å². The second kappa shape index (κ2) is 7.69. The van der Waals surface area contributed by atoms with E-state index in [0.29, 0.717) is 5.56 Å². The first kappa shape index (κ1) is 18.6. The highest BCUT2D eigenvalue weighted by Gasteiger charge is 2.22. The zero-order valence-electron chi connectivity index (χ0n) is 16.1. The Labute approximate surface area is 167 Å². The maximum Gasteiger partial charge on any atom is 0.120 e. The van der Waals surface area contributed by atoms with E-state index >= 15 is 0 Å². The Bertz CT molecular complexity index is 1080. The molecule has 0 saturated carbocycles. The van der Waals surface area contributed by atoms with Crippen molar-refractivity contribution in [2.45, 2.75) is 26.3 Å². The lowest BCUT2D eigenvalue weighted by atomic mass is 10.1. The van der Waals surface area contributed by atoms with Gasteiger partial charge in [0.15, 0.2) is 0 Å². The molecule has 5 nitrogen and oxygen atoms in total. The Morgan fingerprint density at radius 3 is 2.61 bits per heavy atom. The Hall–Kier alpha value is -2.78. The Morgan fingerprint density at radius 1 is 1.21 bits per heavy atom. The first-order valence-corrected chi connectivity index (χ1v) is 10.8. The number of anilines is 1. The van der Waals surface area contributed by atoms with E-state index in [4.69, 9.17) is 4.74 Å². The monoisotopic (exact) mass is 393 g/mol. The summed E-state index contributed by atoms with van der Waals surface area (Å²) in [5.41, 5.74) is 4.59. The van der Waals surface area contributed by atoms with Crippen LogP contribution < -0.4 is 9.04 Å². The van der Waals surface area contributed by atoms with Gasteiger partial charge < -0.3 is 9.30 Å². The van der Waals surface area contributed by atoms with Crippen molar-refractivity contribution in [3.8, 4) is 23.1 Å². The fourth-order valence-corrected chi connectivity index (χ4v) is 5.19. The average Bonchev–Trinajstić information content (AvgIpc) is 3.29. The van der Waals surface area contributed by atoms with E-state index in [1.54, 1.807) is 7.11 Å². The molecule has 0 spiro atoms. The molecule has 28 heavy (non-hydrogen) atoms. The number of methoxy groups -OCH3 is 1. The normalized spacial score (nSPS) is 16.5. The van der Waals surface area contributed by atoms with Crippen LogP contribution in [0.15, 0.2) is 42.5 Å². The van der Waals surface area contributed by atoms with Crippen molar-refractivity contribution >= 4 is 27.6 Å². The molecule has 1 aliphatic heterocycles. The molecule has 144 valence electrons. The van der Waals surface area contributed by atoms with Gasteiger partial charge >= 0.3 is 0 Å². The molecule has 0 aliphatic carbocycles. The molecule has 0 bridgehead atoms. The van der Waals surface area contributed by atoms with Crippen LogP contribution in [-0.2, 0) is 17.5 Å². The van der Waals surface area contributed by atoms with Gasteiger partial charge in [-0.15, -0.1) is 0 Å². The van der Waals surface area contributed by atoms with Crippen molar-refractivity contribution < 1.29 is 8.95 Å². The third-order valence-corrected chi connectivity index (χ3v) is 6.71. The first-order valence-electron chi connectivity index (χ1n) is 9.54. The van der Waals surface area contributed by atoms with Crippen LogP contribution in [0.5, 0.6) is 5.75 Å². The van der Waals surface area contributed by atoms with Gasteiger partial charge in [0, 0.05) is 36.0 Å². The SMILES string of the molecule is CCCn1c(-c2ccc(N3CCCS3=O)cc2)c(C#N)c2ccc(OC)cc21. The summed E-state index contributed by atoms with van der Waals surface area (Å²) in [6.07, 6.45) is 1.92. The summed E-state index contributed by atoms with van der Waals surface area (Å²) >= 11 is 0. The van der Waals surface area contributed by atoms with Crippen molar-refractivity contribution in [3.05, 3.63) is 48.0 Å². The van der Waals surface area contributed by atoms with Crippen LogP contribution in [0.1, 0.15) is 25.3 Å². The molecule has 6 heteroatoms. The average molecular weight is 394 g/mol. The molecule has 0 N–H and O–H groups in total. The maximum atomic E-state index is 12.1. The molecule has 2 aromatic carbocycles. The quantitative estimate of drug-likeness (QED) is 0.642. The van der Waals surface area contributed by atoms with Gasteiger partial charge in [-0.05, 0) is 42.7 Å². The van der Waals surface area contributed by atoms with Crippen LogP contribution in [0.2, 0.25) is 0 Å². The smallest absolute Gasteiger partial charge is 0.120 e. The number of hydrogen-bond acceptors (Lipinski definition) is 3. The summed E-state index contributed by atoms with van der Waals surface area (Å²) in [6, 6.07) is 16.3. The largest absolute Gasteiger partial charge is 0.497 e. The summed E-state index contributed by atoms with van der Waals surface area (Å²) < 4.78 is 21.7. The fraction of sp³-hybridized carbons (Fsp3) is 0.318. The standard InChI is InChI=1S/C22H23N3O2S/c1-3-11-24-21-14-18(27-2)9-10-19(21)20(15-23)22(24)16-5-7-17(8-6-16)25-12-4-13-28(25)26/h5-10,14H,3-4,11-13H2,1-2H3. The lowest BCUT2D eigenvalue weighted by Crippen LogP contribution is -2.19. The number of aryl methyl sites for hydroxylation is 1. The summed E-state index contributed by atoms with van der Waals surface area (Å²) in [5, 5.41) is 10.8. The predicted molar refractivity (Wildman–Crippen MR) is 114 cm³/mol. The highest BCUT2D eigenvalue weighted by molar-refractivity contribution is 7.86. The van der Waals surface area contributed by atoms with Gasteiger partial charge in [0.1, 0.15) is 22.8 Å². The molecule has 1 unspecified atom stereocenters. The van der Waals surface area contributed by atoms with Gasteiger partial charge in [-0.25, -0.2) is 4.21 Å². The van der Waals surface area contributed by atoms with E-state index in [1.165, 1.54) is 0 Å². The van der Waals surface area contributed by atoms with Crippen LogP contribution in [0.4, 0.5) is 5.69 Å². The molecule has 3 aromatic rings. The zero-order chi connectivity index (χ0) is 19.7. The molecule has 0 amide bonds. The molecule has 1 aliphatic rings. The van der Waals surface area contributed by atoms with Crippen LogP contribution in [-0.4, -0.2) is 28.2 Å². The number of ether oxygens (including phenoxy) is 1. The molecule has 2 heterocycles. The van der Waals surface area contributed by atoms with Gasteiger partial charge in [-0.3, -0.25) is 4.31 Å². The van der Waals surface area contributed by atoms with Crippen molar-refractivity contribution in [2.75, 3.05) is 23.7 Å². The summed E-state index contributed by atoms with van der Waals surface area (Å²) in [5.74, 6) is 1.51. The number of benzene rings is 2. The van der Waals surface area contributed by atoms with Gasteiger partial charge in [0.2, 0.25) is 0 Å². The maximum absolute atomic E-state index is 12.1. The summed E-state index contributed by atoms with van der Waals surface area (Å²) in [6.45, 7) is 3.78. The van der Waals surface area contributed by atoms with E-state index in [2.05, 4.69) is 17.6 Å². The minimum absolute atomic E-state index is 0.684. The minimum atomic E-state index is -0.930. The Morgan fingerprint density at radius 2 is 2.00 bits per heavy atom. The van der Waals surface area contributed by atoms with E-state index in [-0.39, 0.29) is 0 Å². The number of hydrogen-bond donors (Lipinski definition) is 0. The lowest BCUT2D eigenvalue weighted by Gasteiger charge is -2.17.